The highest BCUT2D eigenvalue weighted by Crippen LogP contribution is 2.08. The molecule has 0 aromatic carbocycles. The SMILES string of the molecule is COCCC(NC(C)CCO)C(C)C. The highest BCUT2D eigenvalue weighted by Gasteiger charge is 2.14. The van der Waals surface area contributed by atoms with Gasteiger partial charge >= 0.3 is 0 Å². The van der Waals surface area contributed by atoms with E-state index in [0.29, 0.717) is 18.0 Å². The fraction of sp³-hybridized carbons (Fsp3) is 1.00. The lowest BCUT2D eigenvalue weighted by molar-refractivity contribution is 0.167. The lowest BCUT2D eigenvalue weighted by Crippen LogP contribution is -2.41. The monoisotopic (exact) mass is 203 g/mol. The van der Waals surface area contributed by atoms with E-state index in [0.717, 1.165) is 19.4 Å². The maximum Gasteiger partial charge on any atom is 0.0477 e. The lowest BCUT2D eigenvalue weighted by Gasteiger charge is -2.26. The van der Waals surface area contributed by atoms with Gasteiger partial charge in [0.05, 0.1) is 0 Å². The van der Waals surface area contributed by atoms with Crippen LogP contribution in [0.1, 0.15) is 33.6 Å². The summed E-state index contributed by atoms with van der Waals surface area (Å²) in [5.74, 6) is 0.603. The number of aliphatic hydroxyl groups is 1. The summed E-state index contributed by atoms with van der Waals surface area (Å²) in [6.07, 6.45) is 1.85. The molecule has 0 heterocycles. The van der Waals surface area contributed by atoms with Crippen LogP contribution in [-0.2, 0) is 4.74 Å². The van der Waals surface area contributed by atoms with Crippen LogP contribution in [0.15, 0.2) is 0 Å². The standard InChI is InChI=1S/C11H25NO2/c1-9(2)11(6-8-14-4)12-10(3)5-7-13/h9-13H,5-8H2,1-4H3. The Morgan fingerprint density at radius 1 is 1.21 bits per heavy atom. The fourth-order valence-corrected chi connectivity index (χ4v) is 1.50. The van der Waals surface area contributed by atoms with Gasteiger partial charge in [0.1, 0.15) is 0 Å². The van der Waals surface area contributed by atoms with Crippen molar-refractivity contribution in [3.05, 3.63) is 0 Å². The molecule has 0 spiro atoms. The predicted octanol–water partition coefficient (Wildman–Crippen LogP) is 1.41. The largest absolute Gasteiger partial charge is 0.396 e. The molecule has 3 heteroatoms. The summed E-state index contributed by atoms with van der Waals surface area (Å²) in [6.45, 7) is 7.57. The molecular formula is C11H25NO2. The van der Waals surface area contributed by atoms with Gasteiger partial charge in [-0.1, -0.05) is 13.8 Å². The first kappa shape index (κ1) is 13.9. The van der Waals surface area contributed by atoms with Crippen LogP contribution in [0.25, 0.3) is 0 Å². The molecule has 0 aromatic rings. The third kappa shape index (κ3) is 6.35. The Morgan fingerprint density at radius 3 is 2.29 bits per heavy atom. The molecule has 0 bridgehead atoms. The van der Waals surface area contributed by atoms with Crippen LogP contribution in [0, 0.1) is 5.92 Å². The van der Waals surface area contributed by atoms with E-state index in [1.807, 2.05) is 0 Å². The van der Waals surface area contributed by atoms with Crippen LogP contribution in [0.5, 0.6) is 0 Å². The summed E-state index contributed by atoms with van der Waals surface area (Å²) in [4.78, 5) is 0. The zero-order valence-corrected chi connectivity index (χ0v) is 9.92. The van der Waals surface area contributed by atoms with Crippen LogP contribution < -0.4 is 5.32 Å². The number of rotatable bonds is 8. The van der Waals surface area contributed by atoms with Crippen molar-refractivity contribution in [3.8, 4) is 0 Å². The Labute approximate surface area is 87.8 Å². The molecule has 86 valence electrons. The van der Waals surface area contributed by atoms with Crippen molar-refractivity contribution in [2.75, 3.05) is 20.3 Å². The van der Waals surface area contributed by atoms with Crippen molar-refractivity contribution >= 4 is 0 Å². The zero-order valence-electron chi connectivity index (χ0n) is 9.92. The van der Waals surface area contributed by atoms with E-state index in [1.165, 1.54) is 0 Å². The van der Waals surface area contributed by atoms with E-state index in [9.17, 15) is 0 Å². The molecule has 0 fully saturated rings. The first-order valence-electron chi connectivity index (χ1n) is 5.47. The van der Waals surface area contributed by atoms with Crippen molar-refractivity contribution < 1.29 is 9.84 Å². The van der Waals surface area contributed by atoms with Crippen LogP contribution in [-0.4, -0.2) is 37.5 Å². The fourth-order valence-electron chi connectivity index (χ4n) is 1.50. The average Bonchev–Trinajstić information content (AvgIpc) is 2.12. The Hall–Kier alpha value is -0.120. The molecule has 0 aliphatic rings. The summed E-state index contributed by atoms with van der Waals surface area (Å²) in [7, 11) is 1.73. The summed E-state index contributed by atoms with van der Waals surface area (Å²) in [5, 5.41) is 12.3. The third-order valence-corrected chi connectivity index (χ3v) is 2.50. The lowest BCUT2D eigenvalue weighted by atomic mass is 10.00. The minimum atomic E-state index is 0.253. The van der Waals surface area contributed by atoms with Crippen molar-refractivity contribution in [2.45, 2.75) is 45.7 Å². The molecule has 0 saturated heterocycles. The smallest absolute Gasteiger partial charge is 0.0477 e. The number of hydrogen-bond acceptors (Lipinski definition) is 3. The Kier molecular flexibility index (Phi) is 8.14. The van der Waals surface area contributed by atoms with Gasteiger partial charge in [0, 0.05) is 32.4 Å². The van der Waals surface area contributed by atoms with Crippen LogP contribution in [0.2, 0.25) is 0 Å². The Bertz CT molecular complexity index is 128. The molecule has 3 nitrogen and oxygen atoms in total. The normalized spacial score (nSPS) is 15.9. The average molecular weight is 203 g/mol. The number of ether oxygens (including phenoxy) is 1. The van der Waals surface area contributed by atoms with Gasteiger partial charge in [0.15, 0.2) is 0 Å². The molecule has 0 aromatic heterocycles. The second-order valence-corrected chi connectivity index (χ2v) is 4.21. The molecule has 0 aliphatic carbocycles. The molecule has 2 atom stereocenters. The minimum Gasteiger partial charge on any atom is -0.396 e. The molecule has 2 unspecified atom stereocenters. The highest BCUT2D eigenvalue weighted by molar-refractivity contribution is 4.74. The molecule has 0 saturated carbocycles. The topological polar surface area (TPSA) is 41.5 Å². The second-order valence-electron chi connectivity index (χ2n) is 4.21. The van der Waals surface area contributed by atoms with Crippen molar-refractivity contribution in [1.82, 2.24) is 5.32 Å². The number of nitrogens with one attached hydrogen (secondary N) is 1. The summed E-state index contributed by atoms with van der Waals surface area (Å²) in [5.41, 5.74) is 0. The molecule has 0 amide bonds. The van der Waals surface area contributed by atoms with Crippen molar-refractivity contribution in [3.63, 3.8) is 0 Å². The summed E-state index contributed by atoms with van der Waals surface area (Å²) < 4.78 is 5.07. The highest BCUT2D eigenvalue weighted by atomic mass is 16.5. The van der Waals surface area contributed by atoms with E-state index < -0.39 is 0 Å². The van der Waals surface area contributed by atoms with E-state index in [-0.39, 0.29) is 6.61 Å². The first-order chi connectivity index (χ1) is 6.61. The van der Waals surface area contributed by atoms with E-state index in [1.54, 1.807) is 7.11 Å². The van der Waals surface area contributed by atoms with Gasteiger partial charge in [-0.2, -0.15) is 0 Å². The Morgan fingerprint density at radius 2 is 1.86 bits per heavy atom. The molecule has 2 N–H and O–H groups in total. The second kappa shape index (κ2) is 8.21. The number of methoxy groups -OCH3 is 1. The summed E-state index contributed by atoms with van der Waals surface area (Å²) >= 11 is 0. The first-order valence-corrected chi connectivity index (χ1v) is 5.47. The van der Waals surface area contributed by atoms with Gasteiger partial charge in [-0.3, -0.25) is 0 Å². The van der Waals surface area contributed by atoms with Gasteiger partial charge in [0.2, 0.25) is 0 Å². The minimum absolute atomic E-state index is 0.253. The predicted molar refractivity (Wildman–Crippen MR) is 59.4 cm³/mol. The van der Waals surface area contributed by atoms with Gasteiger partial charge in [0.25, 0.3) is 0 Å². The van der Waals surface area contributed by atoms with Gasteiger partial charge in [-0.05, 0) is 25.7 Å². The van der Waals surface area contributed by atoms with E-state index in [2.05, 4.69) is 26.1 Å². The maximum atomic E-state index is 8.80. The third-order valence-electron chi connectivity index (χ3n) is 2.50. The molecule has 0 radical (unpaired) electrons. The summed E-state index contributed by atoms with van der Waals surface area (Å²) in [6, 6.07) is 0.862. The molecule has 0 rings (SSSR count). The number of hydrogen-bond donors (Lipinski definition) is 2. The van der Waals surface area contributed by atoms with Crippen LogP contribution >= 0.6 is 0 Å². The Balaban J connectivity index is 3.82. The van der Waals surface area contributed by atoms with Crippen molar-refractivity contribution in [1.29, 1.82) is 0 Å². The van der Waals surface area contributed by atoms with E-state index >= 15 is 0 Å². The van der Waals surface area contributed by atoms with E-state index in [4.69, 9.17) is 9.84 Å². The van der Waals surface area contributed by atoms with Crippen molar-refractivity contribution in [2.24, 2.45) is 5.92 Å². The molecule has 14 heavy (non-hydrogen) atoms. The maximum absolute atomic E-state index is 8.80. The van der Waals surface area contributed by atoms with Gasteiger partial charge < -0.3 is 15.2 Å². The molecule has 0 aliphatic heterocycles. The van der Waals surface area contributed by atoms with Gasteiger partial charge in [-0.15, -0.1) is 0 Å². The van der Waals surface area contributed by atoms with Crippen LogP contribution in [0.3, 0.4) is 0 Å². The quantitative estimate of drug-likeness (QED) is 0.626. The zero-order chi connectivity index (χ0) is 11.0. The number of aliphatic hydroxyl groups excluding tert-OH is 1. The van der Waals surface area contributed by atoms with Crippen LogP contribution in [0.4, 0.5) is 0 Å². The molecular weight excluding hydrogens is 178 g/mol. The van der Waals surface area contributed by atoms with Gasteiger partial charge in [-0.25, -0.2) is 0 Å².